The van der Waals surface area contributed by atoms with Crippen LogP contribution in [0.15, 0.2) is 36.5 Å². The molecule has 0 spiro atoms. The van der Waals surface area contributed by atoms with Crippen molar-refractivity contribution in [3.63, 3.8) is 0 Å². The van der Waals surface area contributed by atoms with Gasteiger partial charge in [0.05, 0.1) is 18.5 Å². The number of rotatable bonds is 5. The molecule has 0 aliphatic rings. The van der Waals surface area contributed by atoms with Crippen molar-refractivity contribution in [2.24, 2.45) is 0 Å². The van der Waals surface area contributed by atoms with Gasteiger partial charge in [-0.2, -0.15) is 5.10 Å². The van der Waals surface area contributed by atoms with Gasteiger partial charge in [0, 0.05) is 6.07 Å². The van der Waals surface area contributed by atoms with Gasteiger partial charge in [0.15, 0.2) is 0 Å². The topological polar surface area (TPSA) is 27.1 Å². The Balaban J connectivity index is 2.15. The Bertz CT molecular complexity index is 465. The van der Waals surface area contributed by atoms with Gasteiger partial charge >= 0.3 is 0 Å². The lowest BCUT2D eigenvalue weighted by atomic mass is 10.3. The second kappa shape index (κ2) is 5.48. The molecule has 2 rings (SSSR count). The predicted octanol–water partition coefficient (Wildman–Crippen LogP) is 3.19. The van der Waals surface area contributed by atoms with Crippen LogP contribution in [0.2, 0.25) is 0 Å². The first-order valence-electron chi connectivity index (χ1n) is 5.74. The highest BCUT2D eigenvalue weighted by Gasteiger charge is 2.05. The molecule has 0 fully saturated rings. The largest absolute Gasteiger partial charge is 0.478 e. The summed E-state index contributed by atoms with van der Waals surface area (Å²) in [4.78, 5) is 0. The Morgan fingerprint density at radius 3 is 2.71 bits per heavy atom. The molecule has 1 heterocycles. The van der Waals surface area contributed by atoms with Gasteiger partial charge in [0.2, 0.25) is 5.88 Å². The Morgan fingerprint density at radius 1 is 1.24 bits per heavy atom. The first kappa shape index (κ1) is 11.6. The van der Waals surface area contributed by atoms with E-state index in [9.17, 15) is 4.39 Å². The van der Waals surface area contributed by atoms with E-state index in [0.29, 0.717) is 12.5 Å². The zero-order chi connectivity index (χ0) is 12.1. The van der Waals surface area contributed by atoms with E-state index in [0.717, 1.165) is 18.5 Å². The quantitative estimate of drug-likeness (QED) is 0.743. The van der Waals surface area contributed by atoms with Gasteiger partial charge < -0.3 is 4.74 Å². The molecule has 0 unspecified atom stereocenters. The molecule has 90 valence electrons. The highest BCUT2D eigenvalue weighted by molar-refractivity contribution is 5.34. The van der Waals surface area contributed by atoms with E-state index in [-0.39, 0.29) is 5.82 Å². The normalized spacial score (nSPS) is 10.5. The molecule has 3 nitrogen and oxygen atoms in total. The fourth-order valence-corrected chi connectivity index (χ4v) is 1.50. The number of aromatic nitrogens is 2. The van der Waals surface area contributed by atoms with Crippen molar-refractivity contribution in [1.82, 2.24) is 9.78 Å². The zero-order valence-corrected chi connectivity index (χ0v) is 9.77. The van der Waals surface area contributed by atoms with Crippen LogP contribution in [0.25, 0.3) is 5.69 Å². The molecule has 0 amide bonds. The van der Waals surface area contributed by atoms with Gasteiger partial charge in [-0.15, -0.1) is 0 Å². The first-order chi connectivity index (χ1) is 8.31. The van der Waals surface area contributed by atoms with E-state index in [2.05, 4.69) is 12.0 Å². The second-order valence-electron chi connectivity index (χ2n) is 3.76. The van der Waals surface area contributed by atoms with Crippen LogP contribution in [0.3, 0.4) is 0 Å². The molecule has 0 N–H and O–H groups in total. The smallest absolute Gasteiger partial charge is 0.216 e. The van der Waals surface area contributed by atoms with Crippen molar-refractivity contribution in [3.05, 3.63) is 42.3 Å². The Morgan fingerprint density at radius 2 is 2.00 bits per heavy atom. The first-order valence-corrected chi connectivity index (χ1v) is 5.74. The number of hydrogen-bond acceptors (Lipinski definition) is 2. The van der Waals surface area contributed by atoms with E-state index in [1.54, 1.807) is 29.1 Å². The third-order valence-corrected chi connectivity index (χ3v) is 2.43. The summed E-state index contributed by atoms with van der Waals surface area (Å²) < 4.78 is 20.1. The molecule has 0 atom stereocenters. The van der Waals surface area contributed by atoms with Crippen molar-refractivity contribution in [1.29, 1.82) is 0 Å². The lowest BCUT2D eigenvalue weighted by Crippen LogP contribution is -2.04. The maximum Gasteiger partial charge on any atom is 0.216 e. The average molecular weight is 234 g/mol. The molecule has 17 heavy (non-hydrogen) atoms. The number of hydrogen-bond donors (Lipinski definition) is 0. The van der Waals surface area contributed by atoms with Crippen LogP contribution < -0.4 is 4.74 Å². The number of halogens is 1. The summed E-state index contributed by atoms with van der Waals surface area (Å²) in [5, 5.41) is 4.16. The minimum Gasteiger partial charge on any atom is -0.478 e. The monoisotopic (exact) mass is 234 g/mol. The summed E-state index contributed by atoms with van der Waals surface area (Å²) in [6, 6.07) is 7.97. The summed E-state index contributed by atoms with van der Waals surface area (Å²) in [5.41, 5.74) is 0.794. The summed E-state index contributed by atoms with van der Waals surface area (Å²) in [7, 11) is 0. The second-order valence-corrected chi connectivity index (χ2v) is 3.76. The number of nitrogens with zero attached hydrogens (tertiary/aromatic N) is 2. The molecule has 4 heteroatoms. The average Bonchev–Trinajstić information content (AvgIpc) is 2.79. The Labute approximate surface area is 99.8 Å². The van der Waals surface area contributed by atoms with Crippen LogP contribution in [-0.4, -0.2) is 16.4 Å². The molecular weight excluding hydrogens is 219 g/mol. The molecule has 0 bridgehead atoms. The van der Waals surface area contributed by atoms with Gasteiger partial charge in [-0.25, -0.2) is 9.07 Å². The van der Waals surface area contributed by atoms with Crippen LogP contribution in [0, 0.1) is 5.82 Å². The molecule has 0 radical (unpaired) electrons. The van der Waals surface area contributed by atoms with Crippen molar-refractivity contribution in [3.8, 4) is 11.6 Å². The molecule has 1 aromatic heterocycles. The fourth-order valence-electron chi connectivity index (χ4n) is 1.50. The highest BCUT2D eigenvalue weighted by Crippen LogP contribution is 2.17. The van der Waals surface area contributed by atoms with Crippen LogP contribution in [0.5, 0.6) is 5.88 Å². The summed E-state index contributed by atoms with van der Waals surface area (Å²) in [5.74, 6) is 0.430. The number of unbranched alkanes of at least 4 members (excludes halogenated alkanes) is 1. The third kappa shape index (κ3) is 2.84. The molecule has 2 aromatic rings. The Kier molecular flexibility index (Phi) is 3.75. The minimum absolute atomic E-state index is 0.255. The van der Waals surface area contributed by atoms with Crippen LogP contribution in [-0.2, 0) is 0 Å². The van der Waals surface area contributed by atoms with Gasteiger partial charge in [-0.3, -0.25) is 0 Å². The van der Waals surface area contributed by atoms with E-state index >= 15 is 0 Å². The standard InChI is InChI=1S/C13H15FN2O/c1-2-3-10-17-13-8-9-15-16(13)12-6-4-11(14)5-7-12/h4-9H,2-3,10H2,1H3. The molecule has 0 saturated carbocycles. The number of benzene rings is 1. The maximum atomic E-state index is 12.8. The van der Waals surface area contributed by atoms with E-state index in [4.69, 9.17) is 4.74 Å². The summed E-state index contributed by atoms with van der Waals surface area (Å²) in [6.07, 6.45) is 3.77. The SMILES string of the molecule is CCCCOc1ccnn1-c1ccc(F)cc1. The van der Waals surface area contributed by atoms with E-state index in [1.807, 2.05) is 0 Å². The van der Waals surface area contributed by atoms with Crippen molar-refractivity contribution in [2.45, 2.75) is 19.8 Å². The minimum atomic E-state index is -0.255. The van der Waals surface area contributed by atoms with E-state index in [1.165, 1.54) is 12.1 Å². The van der Waals surface area contributed by atoms with Crippen LogP contribution in [0.1, 0.15) is 19.8 Å². The van der Waals surface area contributed by atoms with Crippen molar-refractivity contribution >= 4 is 0 Å². The lowest BCUT2D eigenvalue weighted by molar-refractivity contribution is 0.289. The van der Waals surface area contributed by atoms with Crippen molar-refractivity contribution in [2.75, 3.05) is 6.61 Å². The van der Waals surface area contributed by atoms with Gasteiger partial charge in [0.1, 0.15) is 5.82 Å². The van der Waals surface area contributed by atoms with Crippen LogP contribution >= 0.6 is 0 Å². The number of ether oxygens (including phenoxy) is 1. The zero-order valence-electron chi connectivity index (χ0n) is 9.77. The predicted molar refractivity (Wildman–Crippen MR) is 63.9 cm³/mol. The van der Waals surface area contributed by atoms with Crippen LogP contribution in [0.4, 0.5) is 4.39 Å². The fraction of sp³-hybridized carbons (Fsp3) is 0.308. The summed E-state index contributed by atoms with van der Waals surface area (Å²) >= 11 is 0. The maximum absolute atomic E-state index is 12.8. The Hall–Kier alpha value is -1.84. The lowest BCUT2D eigenvalue weighted by Gasteiger charge is -2.08. The van der Waals surface area contributed by atoms with Gasteiger partial charge in [-0.1, -0.05) is 13.3 Å². The van der Waals surface area contributed by atoms with Crippen molar-refractivity contribution < 1.29 is 9.13 Å². The molecular formula is C13H15FN2O. The molecule has 0 saturated heterocycles. The van der Waals surface area contributed by atoms with Gasteiger partial charge in [-0.05, 0) is 30.7 Å². The molecule has 0 aliphatic carbocycles. The third-order valence-electron chi connectivity index (χ3n) is 2.43. The summed E-state index contributed by atoms with van der Waals surface area (Å²) in [6.45, 7) is 2.78. The highest BCUT2D eigenvalue weighted by atomic mass is 19.1. The van der Waals surface area contributed by atoms with Gasteiger partial charge in [0.25, 0.3) is 0 Å². The molecule has 0 aliphatic heterocycles. The molecule has 1 aromatic carbocycles. The van der Waals surface area contributed by atoms with E-state index < -0.39 is 0 Å².